The van der Waals surface area contributed by atoms with E-state index in [1.165, 1.54) is 0 Å². The molecule has 0 aromatic heterocycles. The summed E-state index contributed by atoms with van der Waals surface area (Å²) in [5, 5.41) is 5.25. The monoisotopic (exact) mass is 433 g/mol. The van der Waals surface area contributed by atoms with Gasteiger partial charge in [0.25, 0.3) is 5.91 Å². The first-order valence-electron chi connectivity index (χ1n) is 10.4. The Morgan fingerprint density at radius 1 is 1.03 bits per heavy atom. The van der Waals surface area contributed by atoms with Crippen molar-refractivity contribution in [3.05, 3.63) is 65.2 Å². The summed E-state index contributed by atoms with van der Waals surface area (Å²) in [6.07, 6.45) is 0.0273. The molecule has 0 unspecified atom stereocenters. The quantitative estimate of drug-likeness (QED) is 0.540. The minimum Gasteiger partial charge on any atom is -0.492 e. The molecule has 2 N–H and O–H groups in total. The number of carbonyl (C=O) groups is 2. The van der Waals surface area contributed by atoms with Crippen molar-refractivity contribution in [1.29, 1.82) is 0 Å². The number of nitrogens with zero attached hydrogens (tertiary/aromatic N) is 1. The van der Waals surface area contributed by atoms with Crippen LogP contribution in [0.3, 0.4) is 0 Å². The average Bonchev–Trinajstić information content (AvgIpc) is 2.76. The summed E-state index contributed by atoms with van der Waals surface area (Å²) in [5.41, 5.74) is 0.588. The van der Waals surface area contributed by atoms with Crippen LogP contribution in [0.1, 0.15) is 36.2 Å². The third kappa shape index (κ3) is 7.97. The molecule has 0 aliphatic carbocycles. The van der Waals surface area contributed by atoms with Gasteiger partial charge in [-0.2, -0.15) is 0 Å². The van der Waals surface area contributed by atoms with E-state index in [-0.39, 0.29) is 24.4 Å². The first kappa shape index (κ1) is 24.3. The van der Waals surface area contributed by atoms with Crippen LogP contribution in [-0.4, -0.2) is 49.5 Å². The lowest BCUT2D eigenvalue weighted by atomic mass is 10.2. The van der Waals surface area contributed by atoms with Crippen molar-refractivity contribution in [3.63, 3.8) is 0 Å². The molecule has 2 rings (SSSR count). The van der Waals surface area contributed by atoms with E-state index in [2.05, 4.69) is 29.4 Å². The zero-order valence-corrected chi connectivity index (χ0v) is 17.9. The van der Waals surface area contributed by atoms with Crippen LogP contribution in [0.2, 0.25) is 0 Å². The molecule has 0 aliphatic rings. The van der Waals surface area contributed by atoms with Crippen molar-refractivity contribution >= 4 is 11.8 Å². The van der Waals surface area contributed by atoms with Gasteiger partial charge in [0.15, 0.2) is 0 Å². The fourth-order valence-corrected chi connectivity index (χ4v) is 2.96. The number of likely N-dealkylation sites (N-methyl/N-ethyl adjacent to an activating group) is 1. The largest absolute Gasteiger partial charge is 0.492 e. The molecule has 168 valence electrons. The van der Waals surface area contributed by atoms with Gasteiger partial charge in [0.1, 0.15) is 24.0 Å². The van der Waals surface area contributed by atoms with Gasteiger partial charge in [-0.05, 0) is 31.3 Å². The van der Waals surface area contributed by atoms with Crippen LogP contribution in [-0.2, 0) is 11.3 Å². The Balaban J connectivity index is 1.76. The topological polar surface area (TPSA) is 70.7 Å². The van der Waals surface area contributed by atoms with Gasteiger partial charge in [0, 0.05) is 37.7 Å². The molecule has 0 heterocycles. The van der Waals surface area contributed by atoms with E-state index < -0.39 is 17.5 Å². The van der Waals surface area contributed by atoms with Crippen LogP contribution < -0.4 is 15.4 Å². The molecular formula is C23H29F2N3O3. The maximum absolute atomic E-state index is 13.6. The molecule has 0 spiro atoms. The second kappa shape index (κ2) is 12.6. The van der Waals surface area contributed by atoms with Crippen LogP contribution in [0, 0.1) is 11.6 Å². The third-order valence-corrected chi connectivity index (χ3v) is 4.82. The average molecular weight is 433 g/mol. The van der Waals surface area contributed by atoms with E-state index in [1.54, 1.807) is 0 Å². The Morgan fingerprint density at radius 3 is 2.48 bits per heavy atom. The summed E-state index contributed by atoms with van der Waals surface area (Å²) in [6.45, 7) is 7.83. The lowest BCUT2D eigenvalue weighted by molar-refractivity contribution is -0.121. The summed E-state index contributed by atoms with van der Waals surface area (Å²) < 4.78 is 32.4. The van der Waals surface area contributed by atoms with E-state index in [1.807, 2.05) is 24.3 Å². The predicted octanol–water partition coefficient (Wildman–Crippen LogP) is 3.12. The zero-order chi connectivity index (χ0) is 22.6. The molecule has 0 atom stereocenters. The molecule has 0 radical (unpaired) electrons. The first-order valence-corrected chi connectivity index (χ1v) is 10.4. The molecule has 0 aliphatic heterocycles. The Hall–Kier alpha value is -3.00. The second-order valence-electron chi connectivity index (χ2n) is 6.89. The highest BCUT2D eigenvalue weighted by atomic mass is 19.1. The molecule has 0 fully saturated rings. The van der Waals surface area contributed by atoms with Gasteiger partial charge in [0.05, 0.1) is 5.56 Å². The van der Waals surface area contributed by atoms with Gasteiger partial charge in [-0.25, -0.2) is 8.78 Å². The smallest absolute Gasteiger partial charge is 0.254 e. The fourth-order valence-electron chi connectivity index (χ4n) is 2.96. The number of hydrogen-bond donors (Lipinski definition) is 2. The summed E-state index contributed by atoms with van der Waals surface area (Å²) >= 11 is 0. The summed E-state index contributed by atoms with van der Waals surface area (Å²) in [5.74, 6) is -1.95. The summed E-state index contributed by atoms with van der Waals surface area (Å²) in [6, 6.07) is 10.2. The molecule has 0 bridgehead atoms. The summed E-state index contributed by atoms with van der Waals surface area (Å²) in [7, 11) is 0. The predicted molar refractivity (Wildman–Crippen MR) is 115 cm³/mol. The van der Waals surface area contributed by atoms with Crippen LogP contribution in [0.5, 0.6) is 5.75 Å². The van der Waals surface area contributed by atoms with Crippen molar-refractivity contribution < 1.29 is 23.1 Å². The number of nitrogens with one attached hydrogen (secondary N) is 2. The molecule has 31 heavy (non-hydrogen) atoms. The van der Waals surface area contributed by atoms with Crippen LogP contribution in [0.4, 0.5) is 8.78 Å². The highest BCUT2D eigenvalue weighted by molar-refractivity contribution is 5.94. The standard InChI is InChI=1S/C23H29F2N3O3/c1-3-28(4-2)13-14-31-21-8-6-5-7-17(21)16-27-22(29)11-12-26-23(30)19-10-9-18(24)15-20(19)25/h5-10,15H,3-4,11-14,16H2,1-2H3,(H,26,30)(H,27,29). The van der Waals surface area contributed by atoms with E-state index in [0.717, 1.165) is 43.1 Å². The highest BCUT2D eigenvalue weighted by Gasteiger charge is 2.13. The van der Waals surface area contributed by atoms with Gasteiger partial charge in [-0.1, -0.05) is 32.0 Å². The van der Waals surface area contributed by atoms with Crippen molar-refractivity contribution in [3.8, 4) is 5.75 Å². The van der Waals surface area contributed by atoms with E-state index in [4.69, 9.17) is 4.74 Å². The SMILES string of the molecule is CCN(CC)CCOc1ccccc1CNC(=O)CCNC(=O)c1ccc(F)cc1F. The van der Waals surface area contributed by atoms with Gasteiger partial charge < -0.3 is 20.3 Å². The molecule has 2 amide bonds. The van der Waals surface area contributed by atoms with Crippen LogP contribution in [0.25, 0.3) is 0 Å². The maximum Gasteiger partial charge on any atom is 0.254 e. The normalized spacial score (nSPS) is 10.7. The molecule has 8 heteroatoms. The number of rotatable bonds is 12. The highest BCUT2D eigenvalue weighted by Crippen LogP contribution is 2.17. The molecular weight excluding hydrogens is 404 g/mol. The summed E-state index contributed by atoms with van der Waals surface area (Å²) in [4.78, 5) is 26.3. The zero-order valence-electron chi connectivity index (χ0n) is 17.9. The number of amides is 2. The minimum atomic E-state index is -0.945. The Bertz CT molecular complexity index is 873. The minimum absolute atomic E-state index is 0.0273. The number of halogens is 2. The Morgan fingerprint density at radius 2 is 1.77 bits per heavy atom. The van der Waals surface area contributed by atoms with Gasteiger partial charge in [-0.15, -0.1) is 0 Å². The lowest BCUT2D eigenvalue weighted by Crippen LogP contribution is -2.31. The van der Waals surface area contributed by atoms with Crippen molar-refractivity contribution in [2.24, 2.45) is 0 Å². The Labute approximate surface area is 181 Å². The lowest BCUT2D eigenvalue weighted by Gasteiger charge is -2.19. The number of ether oxygens (including phenoxy) is 1. The van der Waals surface area contributed by atoms with Crippen molar-refractivity contribution in [2.75, 3.05) is 32.8 Å². The number of para-hydroxylation sites is 1. The van der Waals surface area contributed by atoms with Crippen LogP contribution in [0.15, 0.2) is 42.5 Å². The van der Waals surface area contributed by atoms with Gasteiger partial charge in [0.2, 0.25) is 5.91 Å². The van der Waals surface area contributed by atoms with Crippen molar-refractivity contribution in [1.82, 2.24) is 15.5 Å². The number of hydrogen-bond acceptors (Lipinski definition) is 4. The van der Waals surface area contributed by atoms with E-state index in [9.17, 15) is 18.4 Å². The van der Waals surface area contributed by atoms with Gasteiger partial charge in [-0.3, -0.25) is 9.59 Å². The van der Waals surface area contributed by atoms with E-state index >= 15 is 0 Å². The van der Waals surface area contributed by atoms with Crippen LogP contribution >= 0.6 is 0 Å². The first-order chi connectivity index (χ1) is 14.9. The van der Waals surface area contributed by atoms with Gasteiger partial charge >= 0.3 is 0 Å². The molecule has 0 saturated heterocycles. The fraction of sp³-hybridized carbons (Fsp3) is 0.391. The third-order valence-electron chi connectivity index (χ3n) is 4.82. The molecule has 2 aromatic carbocycles. The molecule has 6 nitrogen and oxygen atoms in total. The number of carbonyl (C=O) groups excluding carboxylic acids is 2. The molecule has 0 saturated carbocycles. The number of benzene rings is 2. The Kier molecular flexibility index (Phi) is 9.90. The maximum atomic E-state index is 13.6. The van der Waals surface area contributed by atoms with E-state index in [0.29, 0.717) is 19.2 Å². The van der Waals surface area contributed by atoms with Crippen molar-refractivity contribution in [2.45, 2.75) is 26.8 Å². The molecule has 2 aromatic rings. The second-order valence-corrected chi connectivity index (χ2v) is 6.89.